The molecule has 23 heavy (non-hydrogen) atoms. The van der Waals surface area contributed by atoms with Crippen molar-refractivity contribution >= 4 is 10.0 Å². The lowest BCUT2D eigenvalue weighted by molar-refractivity contribution is 0.442. The summed E-state index contributed by atoms with van der Waals surface area (Å²) in [6, 6.07) is 0.909. The van der Waals surface area contributed by atoms with Crippen LogP contribution in [0.25, 0.3) is 0 Å². The van der Waals surface area contributed by atoms with Gasteiger partial charge in [-0.3, -0.25) is 4.68 Å². The van der Waals surface area contributed by atoms with E-state index in [0.29, 0.717) is 18.6 Å². The molecule has 0 atom stereocenters. The number of halogens is 3. The van der Waals surface area contributed by atoms with Gasteiger partial charge in [0.25, 0.3) is 0 Å². The van der Waals surface area contributed by atoms with E-state index in [9.17, 15) is 21.6 Å². The van der Waals surface area contributed by atoms with Crippen LogP contribution in [0.3, 0.4) is 0 Å². The molecule has 0 unspecified atom stereocenters. The zero-order chi connectivity index (χ0) is 17.0. The minimum atomic E-state index is -4.08. The monoisotopic (exact) mass is 347 g/mol. The lowest BCUT2D eigenvalue weighted by Gasteiger charge is -2.07. The number of aryl methyl sites for hydroxylation is 2. The molecular formula is C14H16F3N3O2S. The summed E-state index contributed by atoms with van der Waals surface area (Å²) >= 11 is 0. The molecule has 0 fully saturated rings. The predicted molar refractivity (Wildman–Crippen MR) is 77.7 cm³/mol. The van der Waals surface area contributed by atoms with Crippen molar-refractivity contribution in [3.05, 3.63) is 47.5 Å². The molecule has 9 heteroatoms. The zero-order valence-corrected chi connectivity index (χ0v) is 13.2. The number of rotatable bonds is 7. The first-order valence-corrected chi connectivity index (χ1v) is 8.39. The van der Waals surface area contributed by atoms with E-state index in [4.69, 9.17) is 0 Å². The van der Waals surface area contributed by atoms with Crippen molar-refractivity contribution in [2.24, 2.45) is 7.05 Å². The Bertz CT molecular complexity index is 767. The Morgan fingerprint density at radius 1 is 1.17 bits per heavy atom. The minimum absolute atomic E-state index is 0.114. The summed E-state index contributed by atoms with van der Waals surface area (Å²) in [5.41, 5.74) is 1.04. The number of hydrogen-bond acceptors (Lipinski definition) is 3. The van der Waals surface area contributed by atoms with Gasteiger partial charge in [0.05, 0.1) is 11.1 Å². The quantitative estimate of drug-likeness (QED) is 0.616. The molecule has 2 rings (SSSR count). The van der Waals surface area contributed by atoms with Gasteiger partial charge in [0.1, 0.15) is 0 Å². The second-order valence-electron chi connectivity index (χ2n) is 5.08. The van der Waals surface area contributed by atoms with Crippen LogP contribution >= 0.6 is 0 Å². The van der Waals surface area contributed by atoms with Crippen molar-refractivity contribution in [3.63, 3.8) is 0 Å². The maximum Gasteiger partial charge on any atom is 0.240 e. The van der Waals surface area contributed by atoms with Gasteiger partial charge in [-0.25, -0.2) is 26.3 Å². The molecule has 0 amide bonds. The molecule has 5 nitrogen and oxygen atoms in total. The highest BCUT2D eigenvalue weighted by molar-refractivity contribution is 7.89. The van der Waals surface area contributed by atoms with Gasteiger partial charge in [0.15, 0.2) is 17.5 Å². The zero-order valence-electron chi connectivity index (χ0n) is 12.4. The van der Waals surface area contributed by atoms with Crippen molar-refractivity contribution < 1.29 is 21.6 Å². The molecule has 0 aliphatic carbocycles. The van der Waals surface area contributed by atoms with E-state index in [1.54, 1.807) is 17.9 Å². The number of aromatic nitrogens is 2. The van der Waals surface area contributed by atoms with Gasteiger partial charge in [0.2, 0.25) is 10.0 Å². The van der Waals surface area contributed by atoms with E-state index in [-0.39, 0.29) is 6.54 Å². The summed E-state index contributed by atoms with van der Waals surface area (Å²) in [6.07, 6.45) is 5.61. The van der Waals surface area contributed by atoms with Crippen molar-refractivity contribution in [1.82, 2.24) is 14.5 Å². The van der Waals surface area contributed by atoms with Crippen molar-refractivity contribution in [2.75, 3.05) is 6.54 Å². The molecule has 2 aromatic rings. The first-order chi connectivity index (χ1) is 10.8. The highest BCUT2D eigenvalue weighted by Crippen LogP contribution is 2.17. The SMILES string of the molecule is Cn1cc(CCCCNS(=O)(=O)c2cc(F)c(F)c(F)c2)cn1. The average molecular weight is 347 g/mol. The highest BCUT2D eigenvalue weighted by Gasteiger charge is 2.19. The molecular weight excluding hydrogens is 331 g/mol. The lowest BCUT2D eigenvalue weighted by Crippen LogP contribution is -2.25. The smallest absolute Gasteiger partial charge is 0.240 e. The largest absolute Gasteiger partial charge is 0.276 e. The first kappa shape index (κ1) is 17.5. The van der Waals surface area contributed by atoms with Gasteiger partial charge in [-0.2, -0.15) is 5.10 Å². The molecule has 0 spiro atoms. The van der Waals surface area contributed by atoms with Crippen LogP contribution in [0.5, 0.6) is 0 Å². The van der Waals surface area contributed by atoms with Gasteiger partial charge in [0, 0.05) is 19.8 Å². The third-order valence-electron chi connectivity index (χ3n) is 3.21. The van der Waals surface area contributed by atoms with Crippen molar-refractivity contribution in [2.45, 2.75) is 24.2 Å². The Labute approximate surface area is 132 Å². The van der Waals surface area contributed by atoms with E-state index in [1.807, 2.05) is 6.20 Å². The van der Waals surface area contributed by atoms with Crippen LogP contribution in [-0.4, -0.2) is 24.7 Å². The first-order valence-electron chi connectivity index (χ1n) is 6.91. The summed E-state index contributed by atoms with van der Waals surface area (Å²) in [4.78, 5) is -0.638. The van der Waals surface area contributed by atoms with Gasteiger partial charge >= 0.3 is 0 Å². The van der Waals surface area contributed by atoms with Crippen molar-refractivity contribution in [3.8, 4) is 0 Å². The number of benzene rings is 1. The summed E-state index contributed by atoms with van der Waals surface area (Å²) in [5, 5.41) is 4.02. The van der Waals surface area contributed by atoms with E-state index < -0.39 is 32.4 Å². The summed E-state index contributed by atoms with van der Waals surface area (Å²) in [5.74, 6) is -4.77. The number of nitrogens with zero attached hydrogens (tertiary/aromatic N) is 2. The molecule has 1 aromatic carbocycles. The van der Waals surface area contributed by atoms with Crippen LogP contribution in [0.2, 0.25) is 0 Å². The van der Waals surface area contributed by atoms with Crippen LogP contribution in [0.1, 0.15) is 18.4 Å². The van der Waals surface area contributed by atoms with E-state index in [2.05, 4.69) is 9.82 Å². The second kappa shape index (κ2) is 7.14. The van der Waals surface area contributed by atoms with Crippen LogP contribution in [0.4, 0.5) is 13.2 Å². The third kappa shape index (κ3) is 4.55. The van der Waals surface area contributed by atoms with Crippen LogP contribution in [0.15, 0.2) is 29.4 Å². The maximum atomic E-state index is 13.1. The molecule has 1 aromatic heterocycles. The van der Waals surface area contributed by atoms with Gasteiger partial charge in [-0.05, 0) is 37.0 Å². The molecule has 0 saturated heterocycles. The van der Waals surface area contributed by atoms with Crippen LogP contribution in [0, 0.1) is 17.5 Å². The molecule has 0 aliphatic rings. The summed E-state index contributed by atoms with van der Waals surface area (Å²) in [7, 11) is -2.27. The fourth-order valence-corrected chi connectivity index (χ4v) is 3.13. The maximum absolute atomic E-state index is 13.1. The lowest BCUT2D eigenvalue weighted by atomic mass is 10.1. The van der Waals surface area contributed by atoms with Crippen LogP contribution < -0.4 is 4.72 Å². The molecule has 1 N–H and O–H groups in total. The third-order valence-corrected chi connectivity index (χ3v) is 4.65. The molecule has 126 valence electrons. The van der Waals surface area contributed by atoms with Gasteiger partial charge in [-0.15, -0.1) is 0 Å². The standard InChI is InChI=1S/C14H16F3N3O2S/c1-20-9-10(8-18-20)4-2-3-5-19-23(21,22)11-6-12(15)14(17)13(16)7-11/h6-9,19H,2-5H2,1H3. The van der Waals surface area contributed by atoms with Gasteiger partial charge < -0.3 is 0 Å². The molecule has 1 heterocycles. The van der Waals surface area contributed by atoms with Gasteiger partial charge in [-0.1, -0.05) is 0 Å². The second-order valence-corrected chi connectivity index (χ2v) is 6.84. The Balaban J connectivity index is 1.87. The average Bonchev–Trinajstić information content (AvgIpc) is 2.89. The van der Waals surface area contributed by atoms with Crippen molar-refractivity contribution in [1.29, 1.82) is 0 Å². The summed E-state index contributed by atoms with van der Waals surface area (Å²) in [6.45, 7) is 0.114. The Hall–Kier alpha value is -1.87. The summed E-state index contributed by atoms with van der Waals surface area (Å²) < 4.78 is 66.7. The number of unbranched alkanes of at least 4 members (excludes halogenated alkanes) is 1. The number of nitrogens with one attached hydrogen (secondary N) is 1. The number of hydrogen-bond donors (Lipinski definition) is 1. The fraction of sp³-hybridized carbons (Fsp3) is 0.357. The van der Waals surface area contributed by atoms with E-state index in [1.165, 1.54) is 0 Å². The van der Waals surface area contributed by atoms with E-state index in [0.717, 1.165) is 18.4 Å². The highest BCUT2D eigenvalue weighted by atomic mass is 32.2. The molecule has 0 saturated carbocycles. The number of sulfonamides is 1. The Morgan fingerprint density at radius 2 is 1.83 bits per heavy atom. The Morgan fingerprint density at radius 3 is 2.39 bits per heavy atom. The predicted octanol–water partition coefficient (Wildman–Crippen LogP) is 2.14. The fourth-order valence-electron chi connectivity index (χ4n) is 2.03. The molecule has 0 radical (unpaired) electrons. The van der Waals surface area contributed by atoms with E-state index >= 15 is 0 Å². The molecule has 0 aliphatic heterocycles. The molecule has 0 bridgehead atoms. The minimum Gasteiger partial charge on any atom is -0.276 e. The normalized spacial score (nSPS) is 11.8. The Kier molecular flexibility index (Phi) is 5.42. The van der Waals surface area contributed by atoms with Crippen LogP contribution in [-0.2, 0) is 23.5 Å². The topological polar surface area (TPSA) is 64.0 Å².